The van der Waals surface area contributed by atoms with Gasteiger partial charge < -0.3 is 10.6 Å². The van der Waals surface area contributed by atoms with Crippen molar-refractivity contribution in [3.63, 3.8) is 0 Å². The van der Waals surface area contributed by atoms with Gasteiger partial charge in [0.25, 0.3) is 5.69 Å². The van der Waals surface area contributed by atoms with E-state index in [1.807, 2.05) is 67.6 Å². The highest BCUT2D eigenvalue weighted by Crippen LogP contribution is 2.25. The van der Waals surface area contributed by atoms with Crippen LogP contribution in [0.25, 0.3) is 0 Å². The Morgan fingerprint density at radius 1 is 0.853 bits per heavy atom. The third-order valence-corrected chi connectivity index (χ3v) is 5.58. The summed E-state index contributed by atoms with van der Waals surface area (Å²) in [6.07, 6.45) is 1.99. The maximum absolute atomic E-state index is 13.5. The number of carbonyl (C=O) groups excluding carboxylic acids is 2. The summed E-state index contributed by atoms with van der Waals surface area (Å²) in [7, 11) is 0. The van der Waals surface area contributed by atoms with Gasteiger partial charge in [-0.1, -0.05) is 86.1 Å². The Hall–Kier alpha value is -4.00. The van der Waals surface area contributed by atoms with Crippen LogP contribution in [0.3, 0.4) is 0 Å². The van der Waals surface area contributed by atoms with E-state index in [1.165, 1.54) is 12.1 Å². The van der Waals surface area contributed by atoms with Crippen LogP contribution in [-0.2, 0) is 16.0 Å². The first-order valence-electron chi connectivity index (χ1n) is 11.4. The first-order valence-corrected chi connectivity index (χ1v) is 11.4. The van der Waals surface area contributed by atoms with E-state index in [-0.39, 0.29) is 23.9 Å². The van der Waals surface area contributed by atoms with Gasteiger partial charge in [-0.3, -0.25) is 19.7 Å². The predicted molar refractivity (Wildman–Crippen MR) is 131 cm³/mol. The number of hydrogen-bond donors (Lipinski definition) is 2. The van der Waals surface area contributed by atoms with Gasteiger partial charge in [-0.2, -0.15) is 0 Å². The Labute approximate surface area is 199 Å². The largest absolute Gasteiger partial charge is 0.354 e. The van der Waals surface area contributed by atoms with Crippen LogP contribution in [0.2, 0.25) is 0 Å². The quantitative estimate of drug-likeness (QED) is 0.253. The van der Waals surface area contributed by atoms with Crippen LogP contribution in [0.1, 0.15) is 42.4 Å². The topological polar surface area (TPSA) is 101 Å². The molecule has 0 heterocycles. The molecule has 0 spiro atoms. The van der Waals surface area contributed by atoms with Crippen molar-refractivity contribution in [3.05, 3.63) is 112 Å². The number of nitro groups is 1. The number of hydrogen-bond acceptors (Lipinski definition) is 4. The molecule has 176 valence electrons. The number of nitrogens with one attached hydrogen (secondary N) is 2. The van der Waals surface area contributed by atoms with Crippen LogP contribution in [0.15, 0.2) is 84.9 Å². The van der Waals surface area contributed by atoms with Crippen molar-refractivity contribution >= 4 is 17.5 Å². The molecule has 1 atom stereocenters. The number of amides is 2. The van der Waals surface area contributed by atoms with E-state index in [0.717, 1.165) is 29.5 Å². The molecule has 3 aromatic carbocycles. The van der Waals surface area contributed by atoms with E-state index >= 15 is 0 Å². The number of carbonyl (C=O) groups is 2. The Bertz CT molecular complexity index is 1050. The first-order chi connectivity index (χ1) is 16.5. The third-order valence-electron chi connectivity index (χ3n) is 5.58. The highest BCUT2D eigenvalue weighted by Gasteiger charge is 2.28. The summed E-state index contributed by atoms with van der Waals surface area (Å²) in [4.78, 5) is 37.0. The molecule has 0 saturated carbocycles. The first kappa shape index (κ1) is 24.6. The molecule has 3 rings (SSSR count). The molecular formula is C27H29N3O4. The second kappa shape index (κ2) is 12.3. The summed E-state index contributed by atoms with van der Waals surface area (Å²) in [5.41, 5.74) is 2.35. The van der Waals surface area contributed by atoms with Crippen molar-refractivity contribution in [3.8, 4) is 0 Å². The fraction of sp³-hybridized carbons (Fsp3) is 0.259. The Morgan fingerprint density at radius 3 is 1.91 bits per heavy atom. The molecule has 0 aromatic heterocycles. The molecule has 7 heteroatoms. The average molecular weight is 460 g/mol. The summed E-state index contributed by atoms with van der Waals surface area (Å²) in [5, 5.41) is 16.8. The van der Waals surface area contributed by atoms with Gasteiger partial charge in [-0.15, -0.1) is 0 Å². The molecule has 0 fully saturated rings. The van der Waals surface area contributed by atoms with Crippen LogP contribution in [0.4, 0.5) is 5.69 Å². The van der Waals surface area contributed by atoms with Gasteiger partial charge >= 0.3 is 0 Å². The number of rotatable bonds is 11. The van der Waals surface area contributed by atoms with Gasteiger partial charge in [-0.05, 0) is 23.1 Å². The molecule has 0 radical (unpaired) electrons. The van der Waals surface area contributed by atoms with E-state index in [9.17, 15) is 19.7 Å². The summed E-state index contributed by atoms with van der Waals surface area (Å²) in [6.45, 7) is 2.55. The van der Waals surface area contributed by atoms with Crippen molar-refractivity contribution in [1.29, 1.82) is 0 Å². The van der Waals surface area contributed by atoms with Crippen LogP contribution >= 0.6 is 0 Å². The zero-order chi connectivity index (χ0) is 24.3. The molecule has 0 aliphatic rings. The van der Waals surface area contributed by atoms with Crippen LogP contribution < -0.4 is 10.6 Å². The molecule has 0 unspecified atom stereocenters. The lowest BCUT2D eigenvalue weighted by Crippen LogP contribution is -2.49. The van der Waals surface area contributed by atoms with Crippen molar-refractivity contribution in [1.82, 2.24) is 10.6 Å². The number of unbranched alkanes of at least 4 members (excludes halogenated alkanes) is 1. The number of benzene rings is 3. The summed E-state index contributed by atoms with van der Waals surface area (Å²) in [5.74, 6) is -1.14. The fourth-order valence-corrected chi connectivity index (χ4v) is 3.75. The number of nitrogens with zero attached hydrogens (tertiary/aromatic N) is 1. The molecule has 34 heavy (non-hydrogen) atoms. The number of nitro benzene ring substituents is 1. The molecule has 0 bridgehead atoms. The molecule has 7 nitrogen and oxygen atoms in total. The third kappa shape index (κ3) is 6.75. The monoisotopic (exact) mass is 459 g/mol. The second-order valence-electron chi connectivity index (χ2n) is 8.09. The van der Waals surface area contributed by atoms with Crippen LogP contribution in [0, 0.1) is 10.1 Å². The molecule has 3 aromatic rings. The number of non-ortho nitro benzene ring substituents is 1. The zero-order valence-corrected chi connectivity index (χ0v) is 19.1. The summed E-state index contributed by atoms with van der Waals surface area (Å²) in [6, 6.07) is 24.1. The lowest BCUT2D eigenvalue weighted by atomic mass is 9.90. The van der Waals surface area contributed by atoms with Crippen molar-refractivity contribution in [2.75, 3.05) is 6.54 Å². The van der Waals surface area contributed by atoms with Gasteiger partial charge in [0.2, 0.25) is 11.8 Å². The standard InChI is InChI=1S/C27H29N3O4/c1-2-3-18-28-26(31)24(19-20-14-16-23(17-15-20)30(33)34)29-27(32)25(21-10-6-4-7-11-21)22-12-8-5-9-13-22/h4-17,24-25H,2-3,18-19H2,1H3,(H,28,31)(H,29,32)/t24-/m1/s1. The highest BCUT2D eigenvalue weighted by molar-refractivity contribution is 5.92. The fourth-order valence-electron chi connectivity index (χ4n) is 3.75. The van der Waals surface area contributed by atoms with Gasteiger partial charge in [-0.25, -0.2) is 0 Å². The van der Waals surface area contributed by atoms with E-state index < -0.39 is 16.9 Å². The molecule has 0 saturated heterocycles. The van der Waals surface area contributed by atoms with E-state index in [4.69, 9.17) is 0 Å². The van der Waals surface area contributed by atoms with Gasteiger partial charge in [0.15, 0.2) is 0 Å². The van der Waals surface area contributed by atoms with E-state index in [2.05, 4.69) is 10.6 Å². The summed E-state index contributed by atoms with van der Waals surface area (Å²) >= 11 is 0. The Balaban J connectivity index is 1.85. The van der Waals surface area contributed by atoms with Gasteiger partial charge in [0.05, 0.1) is 10.8 Å². The Morgan fingerprint density at radius 2 is 1.41 bits per heavy atom. The van der Waals surface area contributed by atoms with Gasteiger partial charge in [0, 0.05) is 25.1 Å². The van der Waals surface area contributed by atoms with Crippen LogP contribution in [-0.4, -0.2) is 29.3 Å². The van der Waals surface area contributed by atoms with Crippen molar-refractivity contribution in [2.24, 2.45) is 0 Å². The predicted octanol–water partition coefficient (Wildman–Crippen LogP) is 4.37. The zero-order valence-electron chi connectivity index (χ0n) is 19.1. The van der Waals surface area contributed by atoms with Crippen molar-refractivity contribution < 1.29 is 14.5 Å². The normalized spacial score (nSPS) is 11.6. The smallest absolute Gasteiger partial charge is 0.269 e. The van der Waals surface area contributed by atoms with Gasteiger partial charge in [0.1, 0.15) is 6.04 Å². The van der Waals surface area contributed by atoms with Crippen LogP contribution in [0.5, 0.6) is 0 Å². The highest BCUT2D eigenvalue weighted by atomic mass is 16.6. The molecule has 0 aliphatic carbocycles. The van der Waals surface area contributed by atoms with E-state index in [1.54, 1.807) is 12.1 Å². The lowest BCUT2D eigenvalue weighted by Gasteiger charge is -2.23. The maximum atomic E-state index is 13.5. The van der Waals surface area contributed by atoms with E-state index in [0.29, 0.717) is 6.54 Å². The minimum absolute atomic E-state index is 0.0232. The second-order valence-corrected chi connectivity index (χ2v) is 8.09. The minimum atomic E-state index is -0.819. The molecule has 2 amide bonds. The average Bonchev–Trinajstić information content (AvgIpc) is 2.85. The van der Waals surface area contributed by atoms with Crippen molar-refractivity contribution in [2.45, 2.75) is 38.1 Å². The maximum Gasteiger partial charge on any atom is 0.269 e. The molecular weight excluding hydrogens is 430 g/mol. The Kier molecular flexibility index (Phi) is 8.91. The summed E-state index contributed by atoms with van der Waals surface area (Å²) < 4.78 is 0. The lowest BCUT2D eigenvalue weighted by molar-refractivity contribution is -0.384. The minimum Gasteiger partial charge on any atom is -0.354 e. The SMILES string of the molecule is CCCCNC(=O)[C@@H](Cc1ccc([N+](=O)[O-])cc1)NC(=O)C(c1ccccc1)c1ccccc1. The molecule has 0 aliphatic heterocycles. The molecule has 2 N–H and O–H groups in total.